The molecule has 7 aromatic rings. The smallest absolute Gasteiger partial charge is 0.390 e. The van der Waals surface area contributed by atoms with Gasteiger partial charge in [0, 0.05) is 61.0 Å². The van der Waals surface area contributed by atoms with Gasteiger partial charge in [-0.25, -0.2) is 14.4 Å². The summed E-state index contributed by atoms with van der Waals surface area (Å²) in [5.41, 5.74) is 2.17. The number of hydrogen-bond donors (Lipinski definition) is 6. The van der Waals surface area contributed by atoms with Crippen molar-refractivity contribution in [3.63, 3.8) is 0 Å². The van der Waals surface area contributed by atoms with Gasteiger partial charge in [0.25, 0.3) is 0 Å². The van der Waals surface area contributed by atoms with Gasteiger partial charge in [-0.05, 0) is 124 Å². The lowest BCUT2D eigenvalue weighted by molar-refractivity contribution is -0.390. The minimum absolute atomic E-state index is 0.0253. The van der Waals surface area contributed by atoms with Crippen molar-refractivity contribution in [2.24, 2.45) is 0 Å². The number of alkyl halides is 4. The fourth-order valence-electron chi connectivity index (χ4n) is 10.7. The number of ether oxygens (including phenoxy) is 12. The van der Waals surface area contributed by atoms with Crippen molar-refractivity contribution in [1.29, 1.82) is 0 Å². The second kappa shape index (κ2) is 62.3. The number of methoxy groups -OCH3 is 2. The zero-order chi connectivity index (χ0) is 92.7. The molecule has 0 spiro atoms. The number of aromatic nitrogens is 14. The summed E-state index contributed by atoms with van der Waals surface area (Å²) in [5, 5.41) is 139. The molecule has 6 aliphatic heterocycles. The third-order valence-corrected chi connectivity index (χ3v) is 18.6. The summed E-state index contributed by atoms with van der Waals surface area (Å²) in [6.07, 6.45) is 14.5. The van der Waals surface area contributed by atoms with E-state index in [4.69, 9.17) is 67.8 Å². The number of nitrogens with one attached hydrogen (secondary N) is 2. The third kappa shape index (κ3) is 41.2. The Labute approximate surface area is 749 Å². The number of aliphatic hydroxyl groups excluding tert-OH is 3. The molecule has 13 heterocycles. The molecule has 6 aliphatic rings. The fourth-order valence-corrected chi connectivity index (χ4v) is 11.8. The molecule has 5 fully saturated rings. The van der Waals surface area contributed by atoms with Crippen LogP contribution in [-0.2, 0) is 113 Å². The maximum Gasteiger partial charge on any atom is 0.390 e. The van der Waals surface area contributed by atoms with Gasteiger partial charge in [0.1, 0.15) is 0 Å². The Balaban J connectivity index is 0.000000301. The van der Waals surface area contributed by atoms with E-state index in [0.717, 1.165) is 132 Å². The number of hydrogen-bond acceptors (Lipinski definition) is 39. The van der Waals surface area contributed by atoms with Crippen molar-refractivity contribution in [2.45, 2.75) is 172 Å². The van der Waals surface area contributed by atoms with E-state index in [-0.39, 0.29) is 111 Å². The van der Waals surface area contributed by atoms with Gasteiger partial charge in [0.15, 0.2) is 42.2 Å². The van der Waals surface area contributed by atoms with Gasteiger partial charge in [0.05, 0.1) is 197 Å². The largest absolute Gasteiger partial charge is 0.476 e. The van der Waals surface area contributed by atoms with Gasteiger partial charge in [-0.2, -0.15) is 23.4 Å². The van der Waals surface area contributed by atoms with E-state index in [2.05, 4.69) is 114 Å². The van der Waals surface area contributed by atoms with Crippen LogP contribution in [0.1, 0.15) is 144 Å². The lowest BCUT2D eigenvalue weighted by atomic mass is 10.2. The van der Waals surface area contributed by atoms with Crippen molar-refractivity contribution < 1.29 is 126 Å². The van der Waals surface area contributed by atoms with Crippen LogP contribution in [0.2, 0.25) is 0 Å². The Kier molecular flexibility index (Phi) is 53.6. The lowest BCUT2D eigenvalue weighted by Crippen LogP contribution is -2.24. The second-order valence-corrected chi connectivity index (χ2v) is 28.3. The predicted molar refractivity (Wildman–Crippen MR) is 445 cm³/mol. The molecular weight excluding hydrogens is 1960 g/mol. The van der Waals surface area contributed by atoms with E-state index in [1.807, 2.05) is 5.10 Å². The molecule has 0 aliphatic carbocycles. The number of aliphatic hydroxyl groups is 3. The second-order valence-electron chi connectivity index (χ2n) is 25.6. The van der Waals surface area contributed by atoms with Crippen molar-refractivity contribution in [3.05, 3.63) is 153 Å². The molecule has 58 heteroatoms. The Hall–Kier alpha value is -9.92. The summed E-state index contributed by atoms with van der Waals surface area (Å²) in [7, 11) is 2.38. The van der Waals surface area contributed by atoms with Crippen molar-refractivity contribution in [3.8, 4) is 0 Å². The number of carbonyl (C=O) groups excluding carboxylic acids is 2. The molecule has 0 aromatic carbocycles. The molecule has 13 rings (SSSR count). The molecule has 6 N–H and O–H groups in total. The van der Waals surface area contributed by atoms with E-state index >= 15 is 0 Å². The van der Waals surface area contributed by atoms with Crippen LogP contribution in [0.4, 0.5) is 40.7 Å². The van der Waals surface area contributed by atoms with Crippen LogP contribution in [0, 0.1) is 70.8 Å². The topological polar surface area (TPSA) is 691 Å². The number of carboxylic acids is 1. The first kappa shape index (κ1) is 108. The molecule has 5 saturated heterocycles. The SMILES string of the molecule is BrCCOC1CCCCO1.C1CCOC1.COC(=O)c1cc([N+](=O)[O-])[nH]n1.COC(=O)c1cc([N+](=O)[O-])nn1CCOC1CCCCO1.O=C(O)c1cc([N+](=O)[O-])[nH]n1.O=[N+]([O-])c1cc(CBr)n(CCO)n1.O=[N+]([O-])c1cc(CBr)n(CCOC2CCCCO2)n1.O=[N+]([O-])c1cc(CO)n(CCOC2CCCCO2)n1.O=[N+]([O-])c1cc2n(n1)CCOC2.OCCBr. The van der Waals surface area contributed by atoms with E-state index < -0.39 is 64.0 Å². The summed E-state index contributed by atoms with van der Waals surface area (Å²) < 4.78 is 69.7. The molecule has 7 aromatic heterocycles. The van der Waals surface area contributed by atoms with E-state index in [1.54, 1.807) is 9.36 Å². The van der Waals surface area contributed by atoms with Crippen LogP contribution in [-0.4, -0.2) is 278 Å². The number of aromatic amines is 2. The summed E-state index contributed by atoms with van der Waals surface area (Å²) in [5.74, 6) is -4.54. The molecule has 0 radical (unpaired) electrons. The molecular formula is C68H99Br4N21O33. The lowest BCUT2D eigenvalue weighted by Gasteiger charge is -2.22. The van der Waals surface area contributed by atoms with Crippen LogP contribution >= 0.6 is 63.7 Å². The molecule has 0 saturated carbocycles. The number of nitro groups is 7. The normalized spacial score (nSPS) is 16.5. The highest BCUT2D eigenvalue weighted by molar-refractivity contribution is 9.09. The summed E-state index contributed by atoms with van der Waals surface area (Å²) >= 11 is 12.8. The fraction of sp³-hybridized carbons (Fsp3) is 0.647. The van der Waals surface area contributed by atoms with Gasteiger partial charge < -0.3 is 148 Å². The monoisotopic (exact) mass is 2050 g/mol. The molecule has 0 amide bonds. The zero-order valence-corrected chi connectivity index (χ0v) is 74.7. The Morgan fingerprint density at radius 2 is 0.810 bits per heavy atom. The van der Waals surface area contributed by atoms with Crippen LogP contribution in [0.3, 0.4) is 0 Å². The van der Waals surface area contributed by atoms with Gasteiger partial charge in [-0.1, -0.05) is 73.9 Å². The Morgan fingerprint density at radius 3 is 1.14 bits per heavy atom. The predicted octanol–water partition coefficient (Wildman–Crippen LogP) is 8.39. The number of aromatic carboxylic acids is 1. The molecule has 126 heavy (non-hydrogen) atoms. The average molecular weight is 2060 g/mol. The number of fused-ring (bicyclic) bond motifs is 1. The standard InChI is InChI=1S/C12H17N3O6.C11H16BrN3O4.C11H17N3O5.C7H13BrO2.C6H8BrN3O3.C6H7N3O3.C5H5N3O4.C4H3N3O4.C4H8O.C2H5BrO/c1-19-12(16)9-8-10(15(17)18)13-14(9)5-7-21-11-4-2-3-6-20-11;12-8-9-7-10(15(16)17)13-14(9)4-6-19-11-3-1-2-5-18-11;15-8-9-7-10(14(16)17)12-13(9)4-6-19-11-3-1-2-5-18-11;8-4-6-10-7-3-1-2-5-9-7;7-4-5-3-6(10(12)13)8-9(5)1-2-11;10-9(11)6-3-5-4-12-2-1-8(5)7-6;1-12-5(9)3-2-4(7-6-3)8(10)11;8-4(9)2-1-3(6-5-2)7(10)11;1-2-4-5-3-1;3-1-2-4/h8,11H,2-7H2,1H3;7,11H,1-6,8H2;7,11,15H,1-6,8H2;7H,1-6H2;3,11H,1-2,4H2;3H,1-2,4H2;2H,1H3,(H,6,7);1H,(H,5,6)(H,8,9);1-4H2;4H,1-2H2. The zero-order valence-electron chi connectivity index (χ0n) is 68.4. The van der Waals surface area contributed by atoms with Crippen LogP contribution in [0.25, 0.3) is 0 Å². The summed E-state index contributed by atoms with van der Waals surface area (Å²) in [4.78, 5) is 101. The number of carbonyl (C=O) groups is 3. The first-order valence-electron chi connectivity index (χ1n) is 38.6. The number of nitrogens with zero attached hydrogens (tertiary/aromatic N) is 19. The van der Waals surface area contributed by atoms with Crippen LogP contribution in [0.15, 0.2) is 42.5 Å². The van der Waals surface area contributed by atoms with Gasteiger partial charge in [-0.3, -0.25) is 0 Å². The van der Waals surface area contributed by atoms with Crippen LogP contribution in [0.5, 0.6) is 0 Å². The van der Waals surface area contributed by atoms with Crippen molar-refractivity contribution in [2.75, 3.05) is 111 Å². The highest BCUT2D eigenvalue weighted by Crippen LogP contribution is 2.23. The maximum atomic E-state index is 11.6. The first-order valence-corrected chi connectivity index (χ1v) is 43.1. The number of H-pyrrole nitrogens is 2. The quantitative estimate of drug-likeness (QED) is 0.0103. The van der Waals surface area contributed by atoms with Gasteiger partial charge in [0.2, 0.25) is 0 Å². The number of halogens is 4. The highest BCUT2D eigenvalue weighted by atomic mass is 79.9. The molecule has 4 unspecified atom stereocenters. The summed E-state index contributed by atoms with van der Waals surface area (Å²) in [6.45, 7) is 9.53. The molecule has 0 bridgehead atoms. The van der Waals surface area contributed by atoms with Crippen molar-refractivity contribution >= 4 is 122 Å². The van der Waals surface area contributed by atoms with Crippen molar-refractivity contribution in [1.82, 2.24) is 69.3 Å². The van der Waals surface area contributed by atoms with Gasteiger partial charge in [-0.15, -0.1) is 10.2 Å². The number of carboxylic acid groups (broad SMARTS) is 1. The molecule has 4 atom stereocenters. The number of rotatable bonds is 31. The maximum absolute atomic E-state index is 11.6. The van der Waals surface area contributed by atoms with E-state index in [0.29, 0.717) is 86.7 Å². The third-order valence-electron chi connectivity index (χ3n) is 16.7. The van der Waals surface area contributed by atoms with Gasteiger partial charge >= 0.3 is 58.6 Å². The minimum atomic E-state index is -1.30. The minimum Gasteiger partial charge on any atom is -0.476 e. The first-order chi connectivity index (χ1) is 60.6. The molecule has 702 valence electrons. The van der Waals surface area contributed by atoms with Crippen LogP contribution < -0.4 is 0 Å². The Morgan fingerprint density at radius 1 is 0.437 bits per heavy atom. The summed E-state index contributed by atoms with van der Waals surface area (Å²) in [6, 6.07) is 8.49. The van der Waals surface area contributed by atoms with E-state index in [9.17, 15) is 85.2 Å². The highest BCUT2D eigenvalue weighted by Gasteiger charge is 2.28. The Bertz CT molecular complexity index is 4260. The molecule has 54 nitrogen and oxygen atoms in total. The van der Waals surface area contributed by atoms with E-state index in [1.165, 1.54) is 78.2 Å². The average Bonchev–Trinajstić information content (AvgIpc) is 1.70. The number of esters is 2.